The predicted octanol–water partition coefficient (Wildman–Crippen LogP) is 1.93. The molecule has 0 amide bonds. The van der Waals surface area contributed by atoms with Crippen molar-refractivity contribution >= 4 is 0 Å². The average molecular weight is 139 g/mol. The van der Waals surface area contributed by atoms with Crippen LogP contribution in [0.5, 0.6) is 0 Å². The van der Waals surface area contributed by atoms with E-state index >= 15 is 0 Å². The van der Waals surface area contributed by atoms with Crippen LogP contribution in [0.2, 0.25) is 0 Å². The third-order valence-corrected chi connectivity index (χ3v) is 3.19. The molecular weight excluding hydrogens is 122 g/mol. The Hall–Kier alpha value is -0.0400. The molecule has 0 aromatic rings. The van der Waals surface area contributed by atoms with Crippen LogP contribution in [-0.4, -0.2) is 12.1 Å². The molecule has 1 heteroatoms. The standard InChI is InChI=1S/C9H17N/c1-8-3-6-10-9(7-8)4-2-5-9/h8,10H,2-7H2,1H3/t8-/m1/s1. The smallest absolute Gasteiger partial charge is 0.0184 e. The van der Waals surface area contributed by atoms with E-state index in [4.69, 9.17) is 0 Å². The lowest BCUT2D eigenvalue weighted by molar-refractivity contribution is 0.113. The van der Waals surface area contributed by atoms with Crippen LogP contribution in [0.4, 0.5) is 0 Å². The van der Waals surface area contributed by atoms with Gasteiger partial charge in [-0.15, -0.1) is 0 Å². The summed E-state index contributed by atoms with van der Waals surface area (Å²) in [6.07, 6.45) is 7.17. The number of rotatable bonds is 0. The highest BCUT2D eigenvalue weighted by Gasteiger charge is 2.39. The molecule has 1 spiro atoms. The molecule has 0 bridgehead atoms. The minimum Gasteiger partial charge on any atom is -0.311 e. The van der Waals surface area contributed by atoms with E-state index in [0.717, 1.165) is 5.92 Å². The quantitative estimate of drug-likeness (QED) is 0.540. The molecule has 1 aliphatic carbocycles. The molecule has 1 nitrogen and oxygen atoms in total. The van der Waals surface area contributed by atoms with E-state index in [1.54, 1.807) is 0 Å². The Morgan fingerprint density at radius 2 is 2.20 bits per heavy atom. The fourth-order valence-corrected chi connectivity index (χ4v) is 2.41. The molecule has 0 radical (unpaired) electrons. The lowest BCUT2D eigenvalue weighted by Gasteiger charge is -2.47. The van der Waals surface area contributed by atoms with Gasteiger partial charge in [0.1, 0.15) is 0 Å². The summed E-state index contributed by atoms with van der Waals surface area (Å²) in [6.45, 7) is 3.65. The van der Waals surface area contributed by atoms with Crippen molar-refractivity contribution in [2.24, 2.45) is 5.92 Å². The van der Waals surface area contributed by atoms with Gasteiger partial charge in [-0.2, -0.15) is 0 Å². The molecule has 0 aromatic heterocycles. The summed E-state index contributed by atoms with van der Waals surface area (Å²) in [5.74, 6) is 0.974. The normalized spacial score (nSPS) is 37.5. The first-order valence-electron chi connectivity index (χ1n) is 4.56. The maximum absolute atomic E-state index is 3.66. The van der Waals surface area contributed by atoms with Crippen molar-refractivity contribution in [1.29, 1.82) is 0 Å². The zero-order chi connectivity index (χ0) is 7.03. The van der Waals surface area contributed by atoms with Gasteiger partial charge in [-0.25, -0.2) is 0 Å². The van der Waals surface area contributed by atoms with Gasteiger partial charge in [-0.05, 0) is 44.6 Å². The molecule has 2 fully saturated rings. The van der Waals surface area contributed by atoms with Crippen molar-refractivity contribution in [3.05, 3.63) is 0 Å². The molecule has 1 N–H and O–H groups in total. The van der Waals surface area contributed by atoms with E-state index in [0.29, 0.717) is 5.54 Å². The number of nitrogens with one attached hydrogen (secondary N) is 1. The fraction of sp³-hybridized carbons (Fsp3) is 1.00. The second-order valence-electron chi connectivity index (χ2n) is 4.16. The number of hydrogen-bond acceptors (Lipinski definition) is 1. The van der Waals surface area contributed by atoms with Crippen LogP contribution in [-0.2, 0) is 0 Å². The summed E-state index contributed by atoms with van der Waals surface area (Å²) in [6, 6.07) is 0. The van der Waals surface area contributed by atoms with Crippen molar-refractivity contribution in [2.45, 2.75) is 44.6 Å². The molecular formula is C9H17N. The van der Waals surface area contributed by atoms with Crippen LogP contribution < -0.4 is 5.32 Å². The highest BCUT2D eigenvalue weighted by molar-refractivity contribution is 4.99. The SMILES string of the molecule is C[C@@H]1CCNC2(CCC2)C1. The molecule has 2 aliphatic rings. The predicted molar refractivity (Wildman–Crippen MR) is 43.0 cm³/mol. The van der Waals surface area contributed by atoms with Crippen LogP contribution >= 0.6 is 0 Å². The maximum Gasteiger partial charge on any atom is 0.0184 e. The van der Waals surface area contributed by atoms with Gasteiger partial charge >= 0.3 is 0 Å². The molecule has 58 valence electrons. The van der Waals surface area contributed by atoms with Gasteiger partial charge in [0.2, 0.25) is 0 Å². The van der Waals surface area contributed by atoms with Crippen molar-refractivity contribution in [1.82, 2.24) is 5.32 Å². The maximum atomic E-state index is 3.66. The van der Waals surface area contributed by atoms with Crippen molar-refractivity contribution in [2.75, 3.05) is 6.54 Å². The molecule has 1 saturated carbocycles. The molecule has 0 aromatic carbocycles. The summed E-state index contributed by atoms with van der Waals surface area (Å²) in [4.78, 5) is 0. The minimum absolute atomic E-state index is 0.623. The monoisotopic (exact) mass is 139 g/mol. The van der Waals surface area contributed by atoms with Gasteiger partial charge < -0.3 is 5.32 Å². The fourth-order valence-electron chi connectivity index (χ4n) is 2.41. The Kier molecular flexibility index (Phi) is 1.48. The van der Waals surface area contributed by atoms with Gasteiger partial charge in [0.25, 0.3) is 0 Å². The van der Waals surface area contributed by atoms with Gasteiger partial charge in [0.05, 0.1) is 0 Å². The van der Waals surface area contributed by atoms with Crippen LogP contribution in [0.15, 0.2) is 0 Å². The Bertz CT molecular complexity index is 127. The highest BCUT2D eigenvalue weighted by atomic mass is 15.0. The topological polar surface area (TPSA) is 12.0 Å². The molecule has 10 heavy (non-hydrogen) atoms. The minimum atomic E-state index is 0.623. The molecule has 1 heterocycles. The summed E-state index contributed by atoms with van der Waals surface area (Å²) in [5, 5.41) is 3.66. The van der Waals surface area contributed by atoms with Gasteiger partial charge in [-0.1, -0.05) is 6.92 Å². The van der Waals surface area contributed by atoms with Gasteiger partial charge in [-0.3, -0.25) is 0 Å². The van der Waals surface area contributed by atoms with E-state index in [-0.39, 0.29) is 0 Å². The Morgan fingerprint density at radius 3 is 2.60 bits per heavy atom. The first-order valence-corrected chi connectivity index (χ1v) is 4.56. The Morgan fingerprint density at radius 1 is 1.40 bits per heavy atom. The summed E-state index contributed by atoms with van der Waals surface area (Å²) < 4.78 is 0. The van der Waals surface area contributed by atoms with Crippen LogP contribution in [0.1, 0.15) is 39.0 Å². The van der Waals surface area contributed by atoms with E-state index in [1.165, 1.54) is 38.6 Å². The summed E-state index contributed by atoms with van der Waals surface area (Å²) in [7, 11) is 0. The number of hydrogen-bond donors (Lipinski definition) is 1. The zero-order valence-electron chi connectivity index (χ0n) is 6.82. The highest BCUT2D eigenvalue weighted by Crippen LogP contribution is 2.39. The van der Waals surface area contributed by atoms with E-state index < -0.39 is 0 Å². The Balaban J connectivity index is 1.96. The van der Waals surface area contributed by atoms with E-state index in [1.807, 2.05) is 0 Å². The second-order valence-corrected chi connectivity index (χ2v) is 4.16. The van der Waals surface area contributed by atoms with Crippen molar-refractivity contribution < 1.29 is 0 Å². The van der Waals surface area contributed by atoms with E-state index in [2.05, 4.69) is 12.2 Å². The van der Waals surface area contributed by atoms with Gasteiger partial charge in [0, 0.05) is 5.54 Å². The van der Waals surface area contributed by atoms with Crippen LogP contribution in [0.25, 0.3) is 0 Å². The first-order chi connectivity index (χ1) is 4.81. The van der Waals surface area contributed by atoms with Crippen molar-refractivity contribution in [3.63, 3.8) is 0 Å². The van der Waals surface area contributed by atoms with Crippen LogP contribution in [0.3, 0.4) is 0 Å². The lowest BCUT2D eigenvalue weighted by atomic mass is 9.69. The summed E-state index contributed by atoms with van der Waals surface area (Å²) >= 11 is 0. The summed E-state index contributed by atoms with van der Waals surface area (Å²) in [5.41, 5.74) is 0.623. The molecule has 1 aliphatic heterocycles. The van der Waals surface area contributed by atoms with Gasteiger partial charge in [0.15, 0.2) is 0 Å². The molecule has 0 unspecified atom stereocenters. The largest absolute Gasteiger partial charge is 0.311 e. The number of piperidine rings is 1. The zero-order valence-corrected chi connectivity index (χ0v) is 6.82. The van der Waals surface area contributed by atoms with E-state index in [9.17, 15) is 0 Å². The second kappa shape index (κ2) is 2.23. The Labute approximate surface area is 63.2 Å². The third kappa shape index (κ3) is 0.968. The molecule has 2 rings (SSSR count). The first kappa shape index (κ1) is 6.66. The third-order valence-electron chi connectivity index (χ3n) is 3.19. The average Bonchev–Trinajstić information content (AvgIpc) is 1.85. The van der Waals surface area contributed by atoms with Crippen molar-refractivity contribution in [3.8, 4) is 0 Å². The van der Waals surface area contributed by atoms with Crippen LogP contribution in [0, 0.1) is 5.92 Å². The molecule has 1 saturated heterocycles. The molecule has 1 atom stereocenters. The lowest BCUT2D eigenvalue weighted by Crippen LogP contribution is -2.55.